The first-order chi connectivity index (χ1) is 9.58. The van der Waals surface area contributed by atoms with E-state index in [0.29, 0.717) is 12.0 Å². The van der Waals surface area contributed by atoms with Crippen LogP contribution in [0.5, 0.6) is 0 Å². The molecule has 21 heavy (non-hydrogen) atoms. The predicted octanol–water partition coefficient (Wildman–Crippen LogP) is 3.40. The Labute approximate surface area is 122 Å². The molecule has 0 aliphatic carbocycles. The number of rotatable bonds is 5. The van der Waals surface area contributed by atoms with Gasteiger partial charge in [0.25, 0.3) is 0 Å². The minimum absolute atomic E-state index is 0.309. The van der Waals surface area contributed by atoms with E-state index in [9.17, 15) is 18.0 Å². The van der Waals surface area contributed by atoms with Crippen LogP contribution >= 0.6 is 0 Å². The van der Waals surface area contributed by atoms with Gasteiger partial charge in [0.05, 0.1) is 17.1 Å². The van der Waals surface area contributed by atoms with Gasteiger partial charge in [0.15, 0.2) is 0 Å². The first-order valence-corrected chi connectivity index (χ1v) is 6.85. The zero-order chi connectivity index (χ0) is 16.3. The molecule has 0 fully saturated rings. The molecule has 1 aromatic carbocycles. The largest absolute Gasteiger partial charge is 0.416 e. The Morgan fingerprint density at radius 1 is 1.29 bits per heavy atom. The Bertz CT molecular complexity index is 481. The maximum Gasteiger partial charge on any atom is 0.416 e. The van der Waals surface area contributed by atoms with Crippen LogP contribution in [0.4, 0.5) is 13.2 Å². The molecular formula is C15H21F3N2O. The van der Waals surface area contributed by atoms with Crippen molar-refractivity contribution in [2.45, 2.75) is 51.4 Å². The van der Waals surface area contributed by atoms with E-state index >= 15 is 0 Å². The molecule has 3 N–H and O–H groups in total. The number of amides is 1. The van der Waals surface area contributed by atoms with Gasteiger partial charge in [-0.15, -0.1) is 0 Å². The minimum atomic E-state index is -4.36. The Morgan fingerprint density at radius 2 is 1.81 bits per heavy atom. The highest BCUT2D eigenvalue weighted by atomic mass is 19.4. The molecule has 0 aromatic heterocycles. The number of benzene rings is 1. The number of halogens is 3. The summed E-state index contributed by atoms with van der Waals surface area (Å²) in [6.07, 6.45) is -3.05. The first kappa shape index (κ1) is 17.5. The van der Waals surface area contributed by atoms with Crippen LogP contribution < -0.4 is 11.1 Å². The van der Waals surface area contributed by atoms with E-state index in [-0.39, 0.29) is 5.91 Å². The highest BCUT2D eigenvalue weighted by Gasteiger charge is 2.31. The van der Waals surface area contributed by atoms with E-state index in [2.05, 4.69) is 5.32 Å². The van der Waals surface area contributed by atoms with Gasteiger partial charge in [-0.25, -0.2) is 0 Å². The summed E-state index contributed by atoms with van der Waals surface area (Å²) in [5.41, 5.74) is 4.83. The monoisotopic (exact) mass is 302 g/mol. The van der Waals surface area contributed by atoms with E-state index in [0.717, 1.165) is 18.6 Å². The summed E-state index contributed by atoms with van der Waals surface area (Å²) in [6.45, 7) is 5.28. The third kappa shape index (κ3) is 4.74. The van der Waals surface area contributed by atoms with Crippen LogP contribution in [0.25, 0.3) is 0 Å². The van der Waals surface area contributed by atoms with Crippen molar-refractivity contribution < 1.29 is 18.0 Å². The van der Waals surface area contributed by atoms with Crippen LogP contribution in [0, 0.1) is 0 Å². The summed E-state index contributed by atoms with van der Waals surface area (Å²) in [5, 5.41) is 2.73. The maximum atomic E-state index is 12.5. The number of carbonyl (C=O) groups excluding carboxylic acids is 1. The van der Waals surface area contributed by atoms with Crippen LogP contribution in [0.15, 0.2) is 24.3 Å². The molecule has 0 aliphatic rings. The minimum Gasteiger partial charge on any atom is -0.348 e. The summed E-state index contributed by atoms with van der Waals surface area (Å²) < 4.78 is 37.5. The number of nitrogens with two attached hydrogens (primary N) is 1. The van der Waals surface area contributed by atoms with Gasteiger partial charge >= 0.3 is 6.18 Å². The van der Waals surface area contributed by atoms with Crippen LogP contribution in [-0.2, 0) is 11.0 Å². The number of hydrogen-bond donors (Lipinski definition) is 2. The van der Waals surface area contributed by atoms with Crippen molar-refractivity contribution in [2.24, 2.45) is 5.73 Å². The number of alkyl halides is 3. The van der Waals surface area contributed by atoms with Crippen LogP contribution in [-0.4, -0.2) is 11.4 Å². The van der Waals surface area contributed by atoms with Crippen molar-refractivity contribution in [3.8, 4) is 0 Å². The van der Waals surface area contributed by atoms with Gasteiger partial charge in [-0.3, -0.25) is 4.79 Å². The third-order valence-corrected chi connectivity index (χ3v) is 3.37. The Balaban J connectivity index is 2.76. The molecule has 3 nitrogen and oxygen atoms in total. The number of hydrogen-bond acceptors (Lipinski definition) is 2. The zero-order valence-corrected chi connectivity index (χ0v) is 12.4. The maximum absolute atomic E-state index is 12.5. The second-order valence-corrected chi connectivity index (χ2v) is 5.48. The fourth-order valence-electron chi connectivity index (χ4n) is 2.04. The highest BCUT2D eigenvalue weighted by molar-refractivity contribution is 5.85. The molecule has 0 aliphatic heterocycles. The molecule has 118 valence electrons. The second kappa shape index (κ2) is 6.47. The van der Waals surface area contributed by atoms with Crippen LogP contribution in [0.3, 0.4) is 0 Å². The van der Waals surface area contributed by atoms with Crippen molar-refractivity contribution in [3.63, 3.8) is 0 Å². The van der Waals surface area contributed by atoms with E-state index in [1.807, 2.05) is 6.92 Å². The third-order valence-electron chi connectivity index (χ3n) is 3.37. The lowest BCUT2D eigenvalue weighted by atomic mass is 9.95. The molecule has 0 saturated heterocycles. The molecule has 0 heterocycles. The average Bonchev–Trinajstić information content (AvgIpc) is 2.37. The summed E-state index contributed by atoms with van der Waals surface area (Å²) in [5.74, 6) is -0.309. The highest BCUT2D eigenvalue weighted by Crippen LogP contribution is 2.29. The van der Waals surface area contributed by atoms with Crippen molar-refractivity contribution in [1.82, 2.24) is 5.32 Å². The second-order valence-electron chi connectivity index (χ2n) is 5.48. The molecule has 0 bridgehead atoms. The van der Waals surface area contributed by atoms with Gasteiger partial charge in [0.1, 0.15) is 0 Å². The van der Waals surface area contributed by atoms with Gasteiger partial charge in [-0.2, -0.15) is 13.2 Å². The topological polar surface area (TPSA) is 55.1 Å². The zero-order valence-electron chi connectivity index (χ0n) is 12.4. The van der Waals surface area contributed by atoms with Gasteiger partial charge in [-0.05, 0) is 38.0 Å². The Kier molecular flexibility index (Phi) is 5.39. The fourth-order valence-corrected chi connectivity index (χ4v) is 2.04. The standard InChI is InChI=1S/C15H21F3N2O/c1-4-9-14(3,19)13(21)20-10(2)11-5-7-12(8-6-11)15(16,17)18/h5-8,10H,4,9,19H2,1-3H3,(H,20,21). The van der Waals surface area contributed by atoms with Crippen LogP contribution in [0.1, 0.15) is 50.8 Å². The van der Waals surface area contributed by atoms with Crippen molar-refractivity contribution in [3.05, 3.63) is 35.4 Å². The van der Waals surface area contributed by atoms with E-state index in [1.54, 1.807) is 13.8 Å². The molecule has 1 aromatic rings. The number of carbonyl (C=O) groups is 1. The summed E-state index contributed by atoms with van der Waals surface area (Å²) in [6, 6.07) is 4.33. The molecule has 2 atom stereocenters. The molecule has 1 amide bonds. The van der Waals surface area contributed by atoms with Crippen molar-refractivity contribution in [2.75, 3.05) is 0 Å². The molecule has 2 unspecified atom stereocenters. The summed E-state index contributed by atoms with van der Waals surface area (Å²) >= 11 is 0. The number of nitrogens with one attached hydrogen (secondary N) is 1. The SMILES string of the molecule is CCCC(C)(N)C(=O)NC(C)c1ccc(C(F)(F)F)cc1. The average molecular weight is 302 g/mol. The van der Waals surface area contributed by atoms with Gasteiger partial charge < -0.3 is 11.1 Å². The molecule has 0 saturated carbocycles. The summed E-state index contributed by atoms with van der Waals surface area (Å²) in [4.78, 5) is 12.0. The predicted molar refractivity (Wildman–Crippen MR) is 75.5 cm³/mol. The fraction of sp³-hybridized carbons (Fsp3) is 0.533. The quantitative estimate of drug-likeness (QED) is 0.876. The molecule has 1 rings (SSSR count). The van der Waals surface area contributed by atoms with Crippen molar-refractivity contribution in [1.29, 1.82) is 0 Å². The van der Waals surface area contributed by atoms with Crippen LogP contribution in [0.2, 0.25) is 0 Å². The van der Waals surface area contributed by atoms with E-state index < -0.39 is 23.3 Å². The van der Waals surface area contributed by atoms with Gasteiger partial charge in [0.2, 0.25) is 5.91 Å². The molecule has 0 radical (unpaired) electrons. The van der Waals surface area contributed by atoms with E-state index in [4.69, 9.17) is 5.73 Å². The molecule has 6 heteroatoms. The van der Waals surface area contributed by atoms with Crippen molar-refractivity contribution >= 4 is 5.91 Å². The lowest BCUT2D eigenvalue weighted by molar-refractivity contribution is -0.137. The van der Waals surface area contributed by atoms with Gasteiger partial charge in [-0.1, -0.05) is 25.5 Å². The first-order valence-electron chi connectivity index (χ1n) is 6.85. The molecular weight excluding hydrogens is 281 g/mol. The lowest BCUT2D eigenvalue weighted by Crippen LogP contribution is -2.52. The van der Waals surface area contributed by atoms with E-state index in [1.165, 1.54) is 12.1 Å². The summed E-state index contributed by atoms with van der Waals surface area (Å²) in [7, 11) is 0. The van der Waals surface area contributed by atoms with Gasteiger partial charge in [0, 0.05) is 0 Å². The normalized spacial score (nSPS) is 16.1. The smallest absolute Gasteiger partial charge is 0.348 e. The molecule has 0 spiro atoms. The Hall–Kier alpha value is -1.56. The lowest BCUT2D eigenvalue weighted by Gasteiger charge is -2.25. The Morgan fingerprint density at radius 3 is 2.24 bits per heavy atom.